The smallest absolute Gasteiger partial charge is 0.0631 e. The fourth-order valence-corrected chi connectivity index (χ4v) is 3.08. The third kappa shape index (κ3) is 2.14. The van der Waals surface area contributed by atoms with Gasteiger partial charge in [-0.05, 0) is 37.8 Å². The molecule has 1 fully saturated rings. The number of aromatic nitrogens is 2. The molecular weight excluding hydrogens is 198 g/mol. The molecule has 0 aliphatic heterocycles. The molecule has 3 heteroatoms. The summed E-state index contributed by atoms with van der Waals surface area (Å²) in [6.45, 7) is 2.86. The van der Waals surface area contributed by atoms with Gasteiger partial charge in [-0.2, -0.15) is 5.10 Å². The highest BCUT2D eigenvalue weighted by Gasteiger charge is 2.23. The number of hydrogen-bond donors (Lipinski definition) is 1. The van der Waals surface area contributed by atoms with E-state index in [0.29, 0.717) is 0 Å². The number of rotatable bonds is 3. The number of aryl methyl sites for hydroxylation is 2. The Balaban J connectivity index is 2.29. The molecule has 0 unspecified atom stereocenters. The standard InChI is InChI=1S/C13H23N3/c1-10-13(11-6-4-3-5-7-11)12(8-9-14)16(2)15-10/h11H,3-9,14H2,1-2H3. The molecule has 1 saturated carbocycles. The molecule has 1 heterocycles. The van der Waals surface area contributed by atoms with Crippen molar-refractivity contribution in [1.29, 1.82) is 0 Å². The topological polar surface area (TPSA) is 43.8 Å². The third-order valence-electron chi connectivity index (χ3n) is 3.79. The summed E-state index contributed by atoms with van der Waals surface area (Å²) in [5, 5.41) is 4.57. The highest BCUT2D eigenvalue weighted by atomic mass is 15.3. The zero-order valence-corrected chi connectivity index (χ0v) is 10.5. The average molecular weight is 221 g/mol. The molecule has 0 aromatic carbocycles. The lowest BCUT2D eigenvalue weighted by atomic mass is 9.82. The molecule has 1 aromatic rings. The predicted molar refractivity (Wildman–Crippen MR) is 66.5 cm³/mol. The summed E-state index contributed by atoms with van der Waals surface area (Å²) in [5.41, 5.74) is 9.79. The first-order chi connectivity index (χ1) is 7.74. The Hall–Kier alpha value is -0.830. The van der Waals surface area contributed by atoms with Gasteiger partial charge in [0.1, 0.15) is 0 Å². The molecule has 0 atom stereocenters. The average Bonchev–Trinajstić information content (AvgIpc) is 2.56. The van der Waals surface area contributed by atoms with E-state index in [9.17, 15) is 0 Å². The molecule has 0 saturated heterocycles. The summed E-state index contributed by atoms with van der Waals surface area (Å²) < 4.78 is 2.03. The van der Waals surface area contributed by atoms with Crippen molar-refractivity contribution in [3.63, 3.8) is 0 Å². The lowest BCUT2D eigenvalue weighted by Crippen LogP contribution is -2.12. The second kappa shape index (κ2) is 5.00. The molecule has 1 aromatic heterocycles. The van der Waals surface area contributed by atoms with Crippen LogP contribution in [0.3, 0.4) is 0 Å². The Bertz CT molecular complexity index is 348. The highest BCUT2D eigenvalue weighted by molar-refractivity contribution is 5.30. The Morgan fingerprint density at radius 1 is 1.31 bits per heavy atom. The van der Waals surface area contributed by atoms with Crippen LogP contribution in [0.4, 0.5) is 0 Å². The van der Waals surface area contributed by atoms with Gasteiger partial charge in [-0.3, -0.25) is 4.68 Å². The van der Waals surface area contributed by atoms with E-state index < -0.39 is 0 Å². The van der Waals surface area contributed by atoms with Gasteiger partial charge >= 0.3 is 0 Å². The molecule has 90 valence electrons. The molecule has 2 rings (SSSR count). The van der Waals surface area contributed by atoms with Crippen LogP contribution in [0.2, 0.25) is 0 Å². The first-order valence-electron chi connectivity index (χ1n) is 6.46. The molecule has 3 nitrogen and oxygen atoms in total. The van der Waals surface area contributed by atoms with Crippen LogP contribution in [0, 0.1) is 6.92 Å². The molecule has 0 amide bonds. The van der Waals surface area contributed by atoms with Gasteiger partial charge in [0.05, 0.1) is 5.69 Å². The van der Waals surface area contributed by atoms with E-state index in [4.69, 9.17) is 5.73 Å². The highest BCUT2D eigenvalue weighted by Crippen LogP contribution is 2.36. The first-order valence-corrected chi connectivity index (χ1v) is 6.46. The van der Waals surface area contributed by atoms with Crippen LogP contribution in [0.25, 0.3) is 0 Å². The van der Waals surface area contributed by atoms with Crippen LogP contribution in [-0.4, -0.2) is 16.3 Å². The van der Waals surface area contributed by atoms with Gasteiger partial charge in [-0.15, -0.1) is 0 Å². The molecule has 0 spiro atoms. The SMILES string of the molecule is Cc1nn(C)c(CCN)c1C1CCCCC1. The zero-order valence-electron chi connectivity index (χ0n) is 10.5. The fraction of sp³-hybridized carbons (Fsp3) is 0.769. The summed E-state index contributed by atoms with van der Waals surface area (Å²) in [4.78, 5) is 0. The van der Waals surface area contributed by atoms with E-state index in [1.807, 2.05) is 11.7 Å². The van der Waals surface area contributed by atoms with Crippen LogP contribution < -0.4 is 5.73 Å². The van der Waals surface area contributed by atoms with Crippen molar-refractivity contribution in [3.05, 3.63) is 17.0 Å². The zero-order chi connectivity index (χ0) is 11.5. The quantitative estimate of drug-likeness (QED) is 0.851. The van der Waals surface area contributed by atoms with E-state index in [1.165, 1.54) is 49.1 Å². The van der Waals surface area contributed by atoms with Crippen LogP contribution >= 0.6 is 0 Å². The summed E-state index contributed by atoms with van der Waals surface area (Å²) in [6.07, 6.45) is 7.79. The molecular formula is C13H23N3. The Kier molecular flexibility index (Phi) is 3.64. The predicted octanol–water partition coefficient (Wildman–Crippen LogP) is 2.28. The first kappa shape index (κ1) is 11.6. The molecule has 0 bridgehead atoms. The van der Waals surface area contributed by atoms with Crippen LogP contribution in [0.5, 0.6) is 0 Å². The Morgan fingerprint density at radius 3 is 2.62 bits per heavy atom. The monoisotopic (exact) mass is 221 g/mol. The van der Waals surface area contributed by atoms with Gasteiger partial charge in [-0.25, -0.2) is 0 Å². The maximum absolute atomic E-state index is 5.70. The van der Waals surface area contributed by atoms with Crippen molar-refractivity contribution in [3.8, 4) is 0 Å². The van der Waals surface area contributed by atoms with Gasteiger partial charge in [0.2, 0.25) is 0 Å². The number of hydrogen-bond acceptors (Lipinski definition) is 2. The van der Waals surface area contributed by atoms with Crippen molar-refractivity contribution < 1.29 is 0 Å². The summed E-state index contributed by atoms with van der Waals surface area (Å²) in [7, 11) is 2.05. The fourth-order valence-electron chi connectivity index (χ4n) is 3.08. The van der Waals surface area contributed by atoms with Gasteiger partial charge in [0.15, 0.2) is 0 Å². The van der Waals surface area contributed by atoms with Crippen molar-refractivity contribution in [2.24, 2.45) is 12.8 Å². The van der Waals surface area contributed by atoms with Gasteiger partial charge in [0, 0.05) is 19.2 Å². The van der Waals surface area contributed by atoms with E-state index in [0.717, 1.165) is 18.9 Å². The van der Waals surface area contributed by atoms with Crippen LogP contribution in [0.15, 0.2) is 0 Å². The number of nitrogens with two attached hydrogens (primary N) is 1. The van der Waals surface area contributed by atoms with Crippen LogP contribution in [0.1, 0.15) is 55.0 Å². The molecule has 1 aliphatic rings. The van der Waals surface area contributed by atoms with Crippen molar-refractivity contribution in [1.82, 2.24) is 9.78 Å². The van der Waals surface area contributed by atoms with Crippen molar-refractivity contribution in [2.45, 2.75) is 51.4 Å². The second-order valence-electron chi connectivity index (χ2n) is 4.94. The Labute approximate surface area is 98.0 Å². The number of nitrogens with zero attached hydrogens (tertiary/aromatic N) is 2. The molecule has 2 N–H and O–H groups in total. The maximum Gasteiger partial charge on any atom is 0.0631 e. The van der Waals surface area contributed by atoms with Crippen molar-refractivity contribution in [2.75, 3.05) is 6.54 Å². The Morgan fingerprint density at radius 2 is 2.00 bits per heavy atom. The van der Waals surface area contributed by atoms with Gasteiger partial charge < -0.3 is 5.73 Å². The second-order valence-corrected chi connectivity index (χ2v) is 4.94. The third-order valence-corrected chi connectivity index (χ3v) is 3.79. The molecule has 0 radical (unpaired) electrons. The lowest BCUT2D eigenvalue weighted by molar-refractivity contribution is 0.440. The minimum atomic E-state index is 0.721. The van der Waals surface area contributed by atoms with Crippen LogP contribution in [-0.2, 0) is 13.5 Å². The van der Waals surface area contributed by atoms with Gasteiger partial charge in [0.25, 0.3) is 0 Å². The van der Waals surface area contributed by atoms with E-state index in [1.54, 1.807) is 0 Å². The minimum absolute atomic E-state index is 0.721. The van der Waals surface area contributed by atoms with E-state index >= 15 is 0 Å². The summed E-state index contributed by atoms with van der Waals surface area (Å²) >= 11 is 0. The molecule has 16 heavy (non-hydrogen) atoms. The maximum atomic E-state index is 5.70. The normalized spacial score (nSPS) is 17.9. The lowest BCUT2D eigenvalue weighted by Gasteiger charge is -2.22. The molecule has 1 aliphatic carbocycles. The summed E-state index contributed by atoms with van der Waals surface area (Å²) in [5.74, 6) is 0.740. The minimum Gasteiger partial charge on any atom is -0.330 e. The van der Waals surface area contributed by atoms with E-state index in [-0.39, 0.29) is 0 Å². The van der Waals surface area contributed by atoms with Crippen molar-refractivity contribution >= 4 is 0 Å². The van der Waals surface area contributed by atoms with Gasteiger partial charge in [-0.1, -0.05) is 19.3 Å². The summed E-state index contributed by atoms with van der Waals surface area (Å²) in [6, 6.07) is 0. The largest absolute Gasteiger partial charge is 0.330 e. The van der Waals surface area contributed by atoms with E-state index in [2.05, 4.69) is 12.0 Å².